The van der Waals surface area contributed by atoms with Gasteiger partial charge in [0, 0.05) is 18.8 Å². The highest BCUT2D eigenvalue weighted by molar-refractivity contribution is 8.16. The Morgan fingerprint density at radius 1 is 1.19 bits per heavy atom. The molecule has 0 aliphatic carbocycles. The van der Waals surface area contributed by atoms with Crippen LogP contribution in [0.4, 0.5) is 5.69 Å². The first-order chi connectivity index (χ1) is 15.5. The van der Waals surface area contributed by atoms with Crippen molar-refractivity contribution in [2.24, 2.45) is 0 Å². The minimum Gasteiger partial charge on any atom is -0.484 e. The Hall–Kier alpha value is -2.36. The van der Waals surface area contributed by atoms with Crippen LogP contribution in [0.15, 0.2) is 51.7 Å². The van der Waals surface area contributed by atoms with Crippen molar-refractivity contribution in [3.05, 3.63) is 58.6 Å². The number of amides is 1. The largest absolute Gasteiger partial charge is 0.484 e. The summed E-state index contributed by atoms with van der Waals surface area (Å²) in [5.41, 5.74) is 3.03. The summed E-state index contributed by atoms with van der Waals surface area (Å²) in [6.07, 6.45) is 1.27. The smallest absolute Gasteiger partial charge is 0.419 e. The van der Waals surface area contributed by atoms with Gasteiger partial charge < -0.3 is 19.4 Å². The van der Waals surface area contributed by atoms with Crippen LogP contribution in [0, 0.1) is 0 Å². The van der Waals surface area contributed by atoms with Crippen LogP contribution in [-0.4, -0.2) is 54.1 Å². The van der Waals surface area contributed by atoms with Gasteiger partial charge in [0.2, 0.25) is 0 Å². The molecular formula is C23H27N3O4S2. The second-order valence-corrected chi connectivity index (χ2v) is 10.6. The monoisotopic (exact) mass is 473 g/mol. The Morgan fingerprint density at radius 2 is 1.94 bits per heavy atom. The summed E-state index contributed by atoms with van der Waals surface area (Å²) >= 11 is 3.95. The second-order valence-electron chi connectivity index (χ2n) is 7.84. The van der Waals surface area contributed by atoms with E-state index >= 15 is 0 Å². The van der Waals surface area contributed by atoms with Gasteiger partial charge in [-0.3, -0.25) is 9.36 Å². The molecule has 2 aromatic carbocycles. The molecular weight excluding hydrogens is 446 g/mol. The predicted octanol–water partition coefficient (Wildman–Crippen LogP) is 4.04. The van der Waals surface area contributed by atoms with Gasteiger partial charge in [-0.15, -0.1) is 23.5 Å². The Balaban J connectivity index is 1.35. The number of benzene rings is 2. The highest BCUT2D eigenvalue weighted by atomic mass is 32.2. The SMILES string of the molecule is CN(C)CCn1c(=O)oc2ccc(NC(=O)COc3ccc(C4SCCCS4)cc3)cc21. The predicted molar refractivity (Wildman–Crippen MR) is 132 cm³/mol. The Kier molecular flexibility index (Phi) is 7.49. The van der Waals surface area contributed by atoms with Crippen molar-refractivity contribution < 1.29 is 13.9 Å². The average Bonchev–Trinajstić information content (AvgIpc) is 3.11. The minimum atomic E-state index is -0.401. The van der Waals surface area contributed by atoms with Crippen molar-refractivity contribution >= 4 is 46.2 Å². The van der Waals surface area contributed by atoms with Gasteiger partial charge in [0.1, 0.15) is 5.75 Å². The first kappa shape index (κ1) is 22.8. The molecule has 1 aliphatic heterocycles. The molecule has 1 saturated heterocycles. The lowest BCUT2D eigenvalue weighted by molar-refractivity contribution is -0.118. The summed E-state index contributed by atoms with van der Waals surface area (Å²) in [5.74, 6) is 2.40. The summed E-state index contributed by atoms with van der Waals surface area (Å²) in [6, 6.07) is 13.1. The summed E-state index contributed by atoms with van der Waals surface area (Å²) in [5, 5.41) is 2.83. The summed E-state index contributed by atoms with van der Waals surface area (Å²) in [7, 11) is 3.89. The zero-order valence-corrected chi connectivity index (χ0v) is 19.8. The quantitative estimate of drug-likeness (QED) is 0.529. The zero-order valence-electron chi connectivity index (χ0n) is 18.2. The molecule has 2 heterocycles. The van der Waals surface area contributed by atoms with Gasteiger partial charge in [0.15, 0.2) is 12.2 Å². The third kappa shape index (κ3) is 5.70. The first-order valence-corrected chi connectivity index (χ1v) is 12.6. The van der Waals surface area contributed by atoms with Crippen LogP contribution >= 0.6 is 23.5 Å². The molecule has 4 rings (SSSR count). The molecule has 0 spiro atoms. The second kappa shape index (κ2) is 10.5. The minimum absolute atomic E-state index is 0.0941. The van der Waals surface area contributed by atoms with Crippen LogP contribution in [0.25, 0.3) is 11.1 Å². The van der Waals surface area contributed by atoms with E-state index in [-0.39, 0.29) is 12.5 Å². The number of anilines is 1. The maximum absolute atomic E-state index is 12.4. The van der Waals surface area contributed by atoms with Crippen LogP contribution in [0.1, 0.15) is 16.6 Å². The molecule has 1 fully saturated rings. The van der Waals surface area contributed by atoms with E-state index in [2.05, 4.69) is 17.4 Å². The van der Waals surface area contributed by atoms with E-state index in [1.807, 2.05) is 54.7 Å². The Labute approximate surface area is 195 Å². The lowest BCUT2D eigenvalue weighted by Gasteiger charge is -2.21. The normalized spacial score (nSPS) is 14.7. The zero-order chi connectivity index (χ0) is 22.5. The fourth-order valence-electron chi connectivity index (χ4n) is 3.40. The van der Waals surface area contributed by atoms with Crippen molar-refractivity contribution in [1.29, 1.82) is 0 Å². The summed E-state index contributed by atoms with van der Waals surface area (Å²) < 4.78 is 13.0. The van der Waals surface area contributed by atoms with Crippen LogP contribution in [0.2, 0.25) is 0 Å². The van der Waals surface area contributed by atoms with Crippen molar-refractivity contribution in [3.8, 4) is 5.75 Å². The van der Waals surface area contributed by atoms with Gasteiger partial charge in [-0.25, -0.2) is 4.79 Å². The van der Waals surface area contributed by atoms with E-state index in [0.29, 0.717) is 40.2 Å². The van der Waals surface area contributed by atoms with E-state index in [9.17, 15) is 9.59 Å². The number of carbonyl (C=O) groups is 1. The molecule has 1 aliphatic rings. The number of nitrogens with zero attached hydrogens (tertiary/aromatic N) is 2. The molecule has 7 nitrogen and oxygen atoms in total. The van der Waals surface area contributed by atoms with Crippen molar-refractivity contribution in [1.82, 2.24) is 9.47 Å². The van der Waals surface area contributed by atoms with Gasteiger partial charge >= 0.3 is 5.76 Å². The number of nitrogens with one attached hydrogen (secondary N) is 1. The first-order valence-electron chi connectivity index (χ1n) is 10.5. The van der Waals surface area contributed by atoms with Gasteiger partial charge in [0.05, 0.1) is 10.1 Å². The lowest BCUT2D eigenvalue weighted by Crippen LogP contribution is -2.23. The highest BCUT2D eigenvalue weighted by Crippen LogP contribution is 2.43. The van der Waals surface area contributed by atoms with Crippen molar-refractivity contribution in [2.45, 2.75) is 17.5 Å². The van der Waals surface area contributed by atoms with E-state index in [4.69, 9.17) is 9.15 Å². The number of hydrogen-bond acceptors (Lipinski definition) is 7. The lowest BCUT2D eigenvalue weighted by atomic mass is 10.2. The van der Waals surface area contributed by atoms with Gasteiger partial charge in [0.25, 0.3) is 5.91 Å². The fourth-order valence-corrected chi connectivity index (χ4v) is 6.29. The number of thioether (sulfide) groups is 2. The van der Waals surface area contributed by atoms with Gasteiger partial charge in [-0.05, 0) is 67.9 Å². The van der Waals surface area contributed by atoms with Crippen LogP contribution < -0.4 is 15.8 Å². The maximum Gasteiger partial charge on any atom is 0.419 e. The Morgan fingerprint density at radius 3 is 2.66 bits per heavy atom. The number of likely N-dealkylation sites (N-methyl/N-ethyl adjacent to an activating group) is 1. The molecule has 9 heteroatoms. The van der Waals surface area contributed by atoms with E-state index in [0.717, 1.165) is 0 Å². The Bertz CT molecular complexity index is 1120. The van der Waals surface area contributed by atoms with Gasteiger partial charge in [-0.2, -0.15) is 0 Å². The molecule has 0 unspecified atom stereocenters. The maximum atomic E-state index is 12.4. The summed E-state index contributed by atoms with van der Waals surface area (Å²) in [4.78, 5) is 26.5. The molecule has 32 heavy (non-hydrogen) atoms. The van der Waals surface area contributed by atoms with E-state index in [1.54, 1.807) is 22.8 Å². The third-order valence-electron chi connectivity index (χ3n) is 5.07. The molecule has 1 aromatic heterocycles. The molecule has 170 valence electrons. The average molecular weight is 474 g/mol. The molecule has 1 amide bonds. The molecule has 0 saturated carbocycles. The standard InChI is InChI=1S/C23H27N3O4S2/c1-25(2)10-11-26-19-14-17(6-9-20(19)30-23(26)28)24-21(27)15-29-18-7-4-16(5-8-18)22-31-12-3-13-32-22/h4-9,14,22H,3,10-13,15H2,1-2H3,(H,24,27). The van der Waals surface area contributed by atoms with E-state index in [1.165, 1.54) is 23.5 Å². The number of carbonyl (C=O) groups excluding carboxylic acids is 1. The number of hydrogen-bond donors (Lipinski definition) is 1. The fraction of sp³-hybridized carbons (Fsp3) is 0.391. The van der Waals surface area contributed by atoms with Crippen LogP contribution in [-0.2, 0) is 11.3 Å². The van der Waals surface area contributed by atoms with E-state index < -0.39 is 5.76 Å². The third-order valence-corrected chi connectivity index (χ3v) is 8.09. The number of fused-ring (bicyclic) bond motifs is 1. The van der Waals surface area contributed by atoms with Crippen LogP contribution in [0.3, 0.4) is 0 Å². The van der Waals surface area contributed by atoms with Crippen molar-refractivity contribution in [3.63, 3.8) is 0 Å². The van der Waals surface area contributed by atoms with Crippen molar-refractivity contribution in [2.75, 3.05) is 44.1 Å². The molecule has 0 radical (unpaired) electrons. The molecule has 0 bridgehead atoms. The molecule has 0 atom stereocenters. The molecule has 3 aromatic rings. The van der Waals surface area contributed by atoms with Crippen LogP contribution in [0.5, 0.6) is 5.75 Å². The highest BCUT2D eigenvalue weighted by Gasteiger charge is 2.16. The van der Waals surface area contributed by atoms with Gasteiger partial charge in [-0.1, -0.05) is 12.1 Å². The molecule has 1 N–H and O–H groups in total. The number of ether oxygens (including phenoxy) is 1. The number of aromatic nitrogens is 1. The number of oxazole rings is 1. The number of rotatable bonds is 8. The summed E-state index contributed by atoms with van der Waals surface area (Å²) in [6.45, 7) is 1.12. The topological polar surface area (TPSA) is 76.7 Å².